The molecule has 0 heterocycles. The molecule has 0 spiro atoms. The maximum Gasteiger partial charge on any atom is 0.306 e. The molecule has 0 rings (SSSR count). The van der Waals surface area contributed by atoms with Crippen LogP contribution < -0.4 is 4.89 Å². The fraction of sp³-hybridized carbons (Fsp3) is 0.660. The Bertz CT molecular complexity index is 1390. The van der Waals surface area contributed by atoms with Crippen LogP contribution in [0.1, 0.15) is 174 Å². The second-order valence-corrected chi connectivity index (χ2v) is 18.5. The summed E-state index contributed by atoms with van der Waals surface area (Å²) in [5, 5.41) is 0. The maximum atomic E-state index is 12.7. The summed E-state index contributed by atoms with van der Waals surface area (Å²) in [6.07, 6.45) is 58.6. The van der Waals surface area contributed by atoms with Crippen molar-refractivity contribution in [3.8, 4) is 0 Å². The Morgan fingerprint density at radius 1 is 0.508 bits per heavy atom. The van der Waals surface area contributed by atoms with Crippen molar-refractivity contribution in [1.29, 1.82) is 0 Å². The van der Waals surface area contributed by atoms with E-state index in [0.717, 1.165) is 103 Å². The largest absolute Gasteiger partial charge is 0.756 e. The van der Waals surface area contributed by atoms with Gasteiger partial charge in [-0.15, -0.1) is 0 Å². The first kappa shape index (κ1) is 59.9. The van der Waals surface area contributed by atoms with Crippen molar-refractivity contribution >= 4 is 19.8 Å². The summed E-state index contributed by atoms with van der Waals surface area (Å²) in [6.45, 7) is 4.03. The number of nitrogens with zero attached hydrogens (tertiary/aromatic N) is 1. The number of carbonyl (C=O) groups excluding carboxylic acids is 2. The van der Waals surface area contributed by atoms with Crippen LogP contribution >= 0.6 is 7.82 Å². The highest BCUT2D eigenvalue weighted by atomic mass is 31.2. The van der Waals surface area contributed by atoms with Gasteiger partial charge < -0.3 is 27.9 Å². The molecule has 0 aliphatic rings. The summed E-state index contributed by atoms with van der Waals surface area (Å²) in [6, 6.07) is 0. The maximum absolute atomic E-state index is 12.7. The first-order valence-corrected chi connectivity index (χ1v) is 25.9. The standard InChI is InChI=1S/C53H90NO8P/c1-6-8-10-12-14-16-18-20-22-24-25-26-27-28-29-30-32-34-36-38-40-42-44-46-53(56)62-51(50-61-63(57,58)60-48-47-54(3,4)5)49-59-52(55)45-43-41-39-37-35-33-31-23-21-19-17-15-13-11-9-7-2/h8,10,14,16-17,19-20,22-23,25-26,28-29,31-32,34,51H,6-7,9,11-13,15,18,21,24,27,30,33,35-50H2,1-5H3/b10-8-,16-14-,19-17-,22-20-,26-25-,29-28-,31-23-,34-32-. The molecule has 0 N–H and O–H groups in total. The number of phosphoric ester groups is 1. The molecule has 2 unspecified atom stereocenters. The molecular formula is C53H90NO8P. The number of esters is 2. The highest BCUT2D eigenvalue weighted by Gasteiger charge is 2.21. The topological polar surface area (TPSA) is 111 Å². The third-order valence-corrected chi connectivity index (χ3v) is 10.8. The molecule has 2 atom stereocenters. The average molecular weight is 900 g/mol. The number of quaternary nitrogens is 1. The van der Waals surface area contributed by atoms with Crippen molar-refractivity contribution in [3.63, 3.8) is 0 Å². The SMILES string of the molecule is CC/C=C\C/C=C\C/C=C\C/C=C\C/C=C\C/C=C\CCCCCCC(=O)OC(COC(=O)CCCCCCC/C=C\C/C=C\CCCCCC)COP(=O)([O-])OCC[N+](C)(C)C. The lowest BCUT2D eigenvalue weighted by molar-refractivity contribution is -0.870. The number of hydrogen-bond donors (Lipinski definition) is 0. The molecule has 0 amide bonds. The molecule has 0 aromatic rings. The minimum atomic E-state index is -4.65. The Morgan fingerprint density at radius 3 is 1.35 bits per heavy atom. The third kappa shape index (κ3) is 48.2. The molecule has 10 heteroatoms. The number of allylic oxidation sites excluding steroid dienone is 16. The molecular weight excluding hydrogens is 810 g/mol. The highest BCUT2D eigenvalue weighted by Crippen LogP contribution is 2.38. The highest BCUT2D eigenvalue weighted by molar-refractivity contribution is 7.45. The van der Waals surface area contributed by atoms with Crippen LogP contribution in [0.5, 0.6) is 0 Å². The van der Waals surface area contributed by atoms with Crippen molar-refractivity contribution < 1.29 is 42.1 Å². The van der Waals surface area contributed by atoms with E-state index in [1.807, 2.05) is 21.1 Å². The molecule has 0 aromatic heterocycles. The van der Waals surface area contributed by atoms with Gasteiger partial charge in [-0.2, -0.15) is 0 Å². The van der Waals surface area contributed by atoms with Crippen LogP contribution in [0.3, 0.4) is 0 Å². The number of carbonyl (C=O) groups is 2. The molecule has 0 aliphatic carbocycles. The molecule has 360 valence electrons. The van der Waals surface area contributed by atoms with Gasteiger partial charge in [0, 0.05) is 12.8 Å². The minimum Gasteiger partial charge on any atom is -0.756 e. The zero-order valence-corrected chi connectivity index (χ0v) is 41.4. The van der Waals surface area contributed by atoms with Gasteiger partial charge >= 0.3 is 11.9 Å². The summed E-state index contributed by atoms with van der Waals surface area (Å²) in [5.74, 6) is -0.888. The van der Waals surface area contributed by atoms with Crippen molar-refractivity contribution in [1.82, 2.24) is 0 Å². The number of unbranched alkanes of at least 4 members (excludes halogenated alkanes) is 13. The zero-order valence-electron chi connectivity index (χ0n) is 40.5. The predicted molar refractivity (Wildman–Crippen MR) is 263 cm³/mol. The molecule has 0 saturated carbocycles. The van der Waals surface area contributed by atoms with E-state index in [2.05, 4.69) is 111 Å². The van der Waals surface area contributed by atoms with Gasteiger partial charge in [0.15, 0.2) is 6.10 Å². The quantitative estimate of drug-likeness (QED) is 0.0196. The zero-order chi connectivity index (χ0) is 46.4. The van der Waals surface area contributed by atoms with E-state index >= 15 is 0 Å². The number of rotatable bonds is 43. The second kappa shape index (κ2) is 44.1. The lowest BCUT2D eigenvalue weighted by Gasteiger charge is -2.28. The van der Waals surface area contributed by atoms with E-state index in [-0.39, 0.29) is 26.1 Å². The van der Waals surface area contributed by atoms with E-state index < -0.39 is 32.5 Å². The molecule has 0 radical (unpaired) electrons. The first-order chi connectivity index (χ1) is 30.5. The van der Waals surface area contributed by atoms with Crippen molar-refractivity contribution in [3.05, 3.63) is 97.2 Å². The predicted octanol–water partition coefficient (Wildman–Crippen LogP) is 13.9. The lowest BCUT2D eigenvalue weighted by atomic mass is 10.1. The monoisotopic (exact) mass is 900 g/mol. The van der Waals surface area contributed by atoms with E-state index in [1.54, 1.807) is 0 Å². The van der Waals surface area contributed by atoms with Crippen molar-refractivity contribution in [2.45, 2.75) is 180 Å². The summed E-state index contributed by atoms with van der Waals surface area (Å²) in [7, 11) is 1.12. The Balaban J connectivity index is 4.40. The van der Waals surface area contributed by atoms with Gasteiger partial charge in [0.1, 0.15) is 19.8 Å². The summed E-state index contributed by atoms with van der Waals surface area (Å²) < 4.78 is 34.0. The van der Waals surface area contributed by atoms with Gasteiger partial charge in [0.05, 0.1) is 27.7 Å². The van der Waals surface area contributed by atoms with Crippen LogP contribution in [0.15, 0.2) is 97.2 Å². The van der Waals surface area contributed by atoms with Crippen LogP contribution in [0.25, 0.3) is 0 Å². The summed E-state index contributed by atoms with van der Waals surface area (Å²) in [5.41, 5.74) is 0. The van der Waals surface area contributed by atoms with Crippen molar-refractivity contribution in [2.75, 3.05) is 47.5 Å². The van der Waals surface area contributed by atoms with Gasteiger partial charge in [-0.25, -0.2) is 0 Å². The summed E-state index contributed by atoms with van der Waals surface area (Å²) >= 11 is 0. The van der Waals surface area contributed by atoms with Crippen LogP contribution in [0.2, 0.25) is 0 Å². The molecule has 0 fully saturated rings. The molecule has 0 aliphatic heterocycles. The van der Waals surface area contributed by atoms with Gasteiger partial charge in [0.25, 0.3) is 7.82 Å². The fourth-order valence-electron chi connectivity index (χ4n) is 6.04. The Labute approximate surface area is 385 Å². The van der Waals surface area contributed by atoms with E-state index in [1.165, 1.54) is 32.1 Å². The first-order valence-electron chi connectivity index (χ1n) is 24.4. The van der Waals surface area contributed by atoms with Crippen LogP contribution in [-0.2, 0) is 32.7 Å². The average Bonchev–Trinajstić information content (AvgIpc) is 3.24. The van der Waals surface area contributed by atoms with Gasteiger partial charge in [-0.3, -0.25) is 14.2 Å². The Hall–Kier alpha value is -3.07. The van der Waals surface area contributed by atoms with E-state index in [0.29, 0.717) is 23.9 Å². The minimum absolute atomic E-state index is 0.0442. The molecule has 0 aromatic carbocycles. The molecule has 9 nitrogen and oxygen atoms in total. The lowest BCUT2D eigenvalue weighted by Crippen LogP contribution is -2.37. The van der Waals surface area contributed by atoms with E-state index in [4.69, 9.17) is 18.5 Å². The normalized spacial score (nSPS) is 14.3. The smallest absolute Gasteiger partial charge is 0.306 e. The fourth-order valence-corrected chi connectivity index (χ4v) is 6.77. The van der Waals surface area contributed by atoms with Crippen LogP contribution in [-0.4, -0.2) is 70.0 Å². The Morgan fingerprint density at radius 2 is 0.905 bits per heavy atom. The van der Waals surface area contributed by atoms with E-state index in [9.17, 15) is 19.0 Å². The van der Waals surface area contributed by atoms with Crippen LogP contribution in [0.4, 0.5) is 0 Å². The van der Waals surface area contributed by atoms with Gasteiger partial charge in [-0.1, -0.05) is 162 Å². The van der Waals surface area contributed by atoms with Gasteiger partial charge in [0.2, 0.25) is 0 Å². The number of phosphoric acid groups is 1. The van der Waals surface area contributed by atoms with Crippen molar-refractivity contribution in [2.24, 2.45) is 0 Å². The van der Waals surface area contributed by atoms with Gasteiger partial charge in [-0.05, 0) is 96.3 Å². The third-order valence-electron chi connectivity index (χ3n) is 9.84. The molecule has 0 saturated heterocycles. The number of ether oxygens (including phenoxy) is 2. The molecule has 0 bridgehead atoms. The number of hydrogen-bond acceptors (Lipinski definition) is 8. The second-order valence-electron chi connectivity index (χ2n) is 17.1. The number of likely N-dealkylation sites (N-methyl/N-ethyl adjacent to an activating group) is 1. The molecule has 63 heavy (non-hydrogen) atoms. The Kier molecular flexibility index (Phi) is 42.0. The van der Waals surface area contributed by atoms with Crippen LogP contribution in [0, 0.1) is 0 Å². The summed E-state index contributed by atoms with van der Waals surface area (Å²) in [4.78, 5) is 37.7.